The van der Waals surface area contributed by atoms with Gasteiger partial charge in [-0.25, -0.2) is 9.97 Å². The van der Waals surface area contributed by atoms with Gasteiger partial charge in [0, 0.05) is 49.8 Å². The number of benzene rings is 1. The van der Waals surface area contributed by atoms with Crippen molar-refractivity contribution in [2.24, 2.45) is 5.73 Å². The Bertz CT molecular complexity index is 1090. The molecule has 3 aliphatic rings. The topological polar surface area (TPSA) is 126 Å². The van der Waals surface area contributed by atoms with Crippen LogP contribution in [0.1, 0.15) is 34.6 Å². The van der Waals surface area contributed by atoms with Crippen LogP contribution in [-0.4, -0.2) is 72.1 Å². The number of nitrogens with zero attached hydrogens (tertiary/aromatic N) is 4. The Morgan fingerprint density at radius 1 is 1.18 bits per heavy atom. The lowest BCUT2D eigenvalue weighted by Gasteiger charge is -2.31. The first-order chi connectivity index (χ1) is 16.7. The highest BCUT2D eigenvalue weighted by molar-refractivity contribution is 6.25. The first kappa shape index (κ1) is 22.3. The van der Waals surface area contributed by atoms with E-state index in [4.69, 9.17) is 10.5 Å². The highest BCUT2D eigenvalue weighted by Gasteiger charge is 2.35. The summed E-state index contributed by atoms with van der Waals surface area (Å²) in [5.74, 6) is -0.0824. The standard InChI is InChI=1S/C24H29N7O3/c25-14-19(22-27-4-1-5-28-22)23(32)29-20-12-16-15-31(17-2-6-26-7-3-17)24(33)18(16)13-21(20)30-8-10-34-11-9-30/h1,4-5,12-14,17,26H,2-3,6-11,15,25H2,(H,29,32)/b19-14+. The van der Waals surface area contributed by atoms with Crippen molar-refractivity contribution in [3.8, 4) is 0 Å². The van der Waals surface area contributed by atoms with E-state index in [1.165, 1.54) is 6.20 Å². The van der Waals surface area contributed by atoms with Crippen molar-refractivity contribution in [3.63, 3.8) is 0 Å². The summed E-state index contributed by atoms with van der Waals surface area (Å²) in [7, 11) is 0. The van der Waals surface area contributed by atoms with Crippen molar-refractivity contribution < 1.29 is 14.3 Å². The molecule has 0 spiro atoms. The molecule has 4 N–H and O–H groups in total. The molecule has 0 atom stereocenters. The number of carbonyl (C=O) groups excluding carboxylic acids is 2. The van der Waals surface area contributed by atoms with E-state index in [1.54, 1.807) is 18.5 Å². The third kappa shape index (κ3) is 4.34. The fourth-order valence-corrected chi connectivity index (χ4v) is 4.83. The summed E-state index contributed by atoms with van der Waals surface area (Å²) in [6, 6.07) is 5.76. The number of aromatic nitrogens is 2. The van der Waals surface area contributed by atoms with Gasteiger partial charge in [0.25, 0.3) is 11.8 Å². The van der Waals surface area contributed by atoms with Gasteiger partial charge in [0.15, 0.2) is 5.82 Å². The summed E-state index contributed by atoms with van der Waals surface area (Å²) in [4.78, 5) is 38.9. The molecule has 0 radical (unpaired) electrons. The molecule has 10 nitrogen and oxygen atoms in total. The molecule has 0 unspecified atom stereocenters. The van der Waals surface area contributed by atoms with E-state index in [1.807, 2.05) is 17.0 Å². The largest absolute Gasteiger partial charge is 0.404 e. The van der Waals surface area contributed by atoms with Crippen molar-refractivity contribution in [1.29, 1.82) is 0 Å². The Hall–Kier alpha value is -3.50. The van der Waals surface area contributed by atoms with E-state index in [0.29, 0.717) is 44.1 Å². The maximum Gasteiger partial charge on any atom is 0.261 e. The summed E-state index contributed by atoms with van der Waals surface area (Å²) in [5, 5.41) is 6.36. The zero-order chi connectivity index (χ0) is 23.5. The van der Waals surface area contributed by atoms with Crippen LogP contribution in [0.15, 0.2) is 36.8 Å². The van der Waals surface area contributed by atoms with Crippen LogP contribution in [0.25, 0.3) is 5.57 Å². The molecule has 34 heavy (non-hydrogen) atoms. The normalized spacial score (nSPS) is 19.3. The Morgan fingerprint density at radius 2 is 1.91 bits per heavy atom. The van der Waals surface area contributed by atoms with Gasteiger partial charge < -0.3 is 30.9 Å². The fourth-order valence-electron chi connectivity index (χ4n) is 4.83. The van der Waals surface area contributed by atoms with E-state index < -0.39 is 5.91 Å². The summed E-state index contributed by atoms with van der Waals surface area (Å²) in [5.41, 5.74) is 9.02. The molecular weight excluding hydrogens is 434 g/mol. The number of amides is 2. The molecule has 3 aliphatic heterocycles. The van der Waals surface area contributed by atoms with Crippen molar-refractivity contribution >= 4 is 28.8 Å². The summed E-state index contributed by atoms with van der Waals surface area (Å²) in [6.45, 7) is 4.91. The average Bonchev–Trinajstić information content (AvgIpc) is 3.21. The third-order valence-corrected chi connectivity index (χ3v) is 6.62. The average molecular weight is 464 g/mol. The van der Waals surface area contributed by atoms with Gasteiger partial charge in [-0.05, 0) is 49.7 Å². The quantitative estimate of drug-likeness (QED) is 0.560. The van der Waals surface area contributed by atoms with Crippen LogP contribution in [0.4, 0.5) is 11.4 Å². The molecule has 5 rings (SSSR count). The lowest BCUT2D eigenvalue weighted by molar-refractivity contribution is -0.111. The monoisotopic (exact) mass is 463 g/mol. The lowest BCUT2D eigenvalue weighted by Crippen LogP contribution is -2.43. The van der Waals surface area contributed by atoms with Gasteiger partial charge in [0.05, 0.1) is 30.2 Å². The van der Waals surface area contributed by atoms with Crippen molar-refractivity contribution in [2.45, 2.75) is 25.4 Å². The van der Waals surface area contributed by atoms with Crippen LogP contribution >= 0.6 is 0 Å². The van der Waals surface area contributed by atoms with Crippen LogP contribution in [-0.2, 0) is 16.1 Å². The van der Waals surface area contributed by atoms with Gasteiger partial charge in [-0.3, -0.25) is 9.59 Å². The molecule has 4 heterocycles. The molecule has 2 saturated heterocycles. The number of hydrogen-bond donors (Lipinski definition) is 3. The predicted octanol–water partition coefficient (Wildman–Crippen LogP) is 0.959. The molecule has 1 aromatic heterocycles. The Kier molecular flexibility index (Phi) is 6.41. The van der Waals surface area contributed by atoms with E-state index in [-0.39, 0.29) is 23.3 Å². The van der Waals surface area contributed by atoms with Gasteiger partial charge in [0.2, 0.25) is 0 Å². The molecule has 178 valence electrons. The first-order valence-electron chi connectivity index (χ1n) is 11.7. The highest BCUT2D eigenvalue weighted by atomic mass is 16.5. The zero-order valence-electron chi connectivity index (χ0n) is 19.0. The number of ether oxygens (including phenoxy) is 1. The van der Waals surface area contributed by atoms with Gasteiger partial charge in [-0.2, -0.15) is 0 Å². The fraction of sp³-hybridized carbons (Fsp3) is 0.417. The molecule has 0 aliphatic carbocycles. The van der Waals surface area contributed by atoms with Gasteiger partial charge in [-0.15, -0.1) is 0 Å². The van der Waals surface area contributed by atoms with Crippen LogP contribution < -0.4 is 21.3 Å². The number of nitrogens with one attached hydrogen (secondary N) is 2. The summed E-state index contributed by atoms with van der Waals surface area (Å²) >= 11 is 0. The smallest absolute Gasteiger partial charge is 0.261 e. The Morgan fingerprint density at radius 3 is 2.62 bits per heavy atom. The molecule has 0 saturated carbocycles. The Balaban J connectivity index is 1.47. The maximum absolute atomic E-state index is 13.3. The SMILES string of the molecule is N/C=C(/C(=O)Nc1cc2c(cc1N1CCOCC1)C(=O)N(C1CCNCC1)C2)c1ncccn1. The number of fused-ring (bicyclic) bond motifs is 1. The number of hydrogen-bond acceptors (Lipinski definition) is 8. The molecule has 10 heteroatoms. The number of nitrogens with two attached hydrogens (primary N) is 1. The van der Waals surface area contributed by atoms with E-state index in [2.05, 4.69) is 25.5 Å². The molecule has 0 bridgehead atoms. The second-order valence-corrected chi connectivity index (χ2v) is 8.65. The van der Waals surface area contributed by atoms with E-state index in [9.17, 15) is 9.59 Å². The maximum atomic E-state index is 13.3. The summed E-state index contributed by atoms with van der Waals surface area (Å²) in [6.07, 6.45) is 6.24. The summed E-state index contributed by atoms with van der Waals surface area (Å²) < 4.78 is 5.51. The first-order valence-corrected chi connectivity index (χ1v) is 11.7. The van der Waals surface area contributed by atoms with E-state index >= 15 is 0 Å². The van der Waals surface area contributed by atoms with Crippen molar-refractivity contribution in [2.75, 3.05) is 49.6 Å². The second kappa shape index (κ2) is 9.78. The minimum Gasteiger partial charge on any atom is -0.404 e. The number of anilines is 2. The molecule has 1 aromatic carbocycles. The molecule has 2 aromatic rings. The van der Waals surface area contributed by atoms with Crippen molar-refractivity contribution in [3.05, 3.63) is 53.7 Å². The Labute approximate surface area is 198 Å². The number of piperidine rings is 1. The molecular formula is C24H29N7O3. The lowest BCUT2D eigenvalue weighted by atomic mass is 10.1. The number of carbonyl (C=O) groups is 2. The second-order valence-electron chi connectivity index (χ2n) is 8.65. The molecule has 2 amide bonds. The minimum atomic E-state index is -0.400. The van der Waals surface area contributed by atoms with Crippen LogP contribution in [0.3, 0.4) is 0 Å². The van der Waals surface area contributed by atoms with Gasteiger partial charge in [0.1, 0.15) is 0 Å². The molecule has 2 fully saturated rings. The number of rotatable bonds is 5. The van der Waals surface area contributed by atoms with Crippen LogP contribution in [0.2, 0.25) is 0 Å². The van der Waals surface area contributed by atoms with Gasteiger partial charge in [-0.1, -0.05) is 0 Å². The number of morpholine rings is 1. The van der Waals surface area contributed by atoms with Crippen LogP contribution in [0.5, 0.6) is 0 Å². The highest BCUT2D eigenvalue weighted by Crippen LogP contribution is 2.36. The minimum absolute atomic E-state index is 0.0644. The van der Waals surface area contributed by atoms with E-state index in [0.717, 1.165) is 37.2 Å². The van der Waals surface area contributed by atoms with Gasteiger partial charge >= 0.3 is 0 Å². The predicted molar refractivity (Wildman–Crippen MR) is 128 cm³/mol. The third-order valence-electron chi connectivity index (χ3n) is 6.62. The zero-order valence-corrected chi connectivity index (χ0v) is 19.0. The van der Waals surface area contributed by atoms with Crippen LogP contribution in [0, 0.1) is 0 Å². The van der Waals surface area contributed by atoms with Crippen molar-refractivity contribution in [1.82, 2.24) is 20.2 Å².